The Hall–Kier alpha value is -2.20. The van der Waals surface area contributed by atoms with Gasteiger partial charge in [0.05, 0.1) is 6.10 Å². The first-order valence-electron chi connectivity index (χ1n) is 7.23. The van der Waals surface area contributed by atoms with Gasteiger partial charge in [-0.05, 0) is 42.2 Å². The van der Waals surface area contributed by atoms with E-state index < -0.39 is 0 Å². The summed E-state index contributed by atoms with van der Waals surface area (Å²) >= 11 is 0. The molecule has 1 atom stereocenters. The van der Waals surface area contributed by atoms with E-state index in [1.54, 1.807) is 6.20 Å². The Bertz CT molecular complexity index is 590. The van der Waals surface area contributed by atoms with Crippen molar-refractivity contribution in [3.05, 3.63) is 54.4 Å². The fourth-order valence-electron chi connectivity index (χ4n) is 2.46. The molecule has 21 heavy (non-hydrogen) atoms. The first-order valence-corrected chi connectivity index (χ1v) is 7.23. The van der Waals surface area contributed by atoms with Crippen LogP contribution in [0.1, 0.15) is 23.2 Å². The molecule has 0 bridgehead atoms. The molecule has 1 amide bonds. The minimum Gasteiger partial charge on any atom is -0.376 e. The highest BCUT2D eigenvalue weighted by molar-refractivity contribution is 5.94. The lowest BCUT2D eigenvalue weighted by atomic mass is 10.1. The van der Waals surface area contributed by atoms with Crippen LogP contribution >= 0.6 is 0 Å². The molecule has 0 spiro atoms. The van der Waals surface area contributed by atoms with Gasteiger partial charge in [-0.1, -0.05) is 18.2 Å². The van der Waals surface area contributed by atoms with Crippen molar-refractivity contribution in [1.29, 1.82) is 0 Å². The van der Waals surface area contributed by atoms with Crippen molar-refractivity contribution in [2.75, 3.05) is 13.2 Å². The number of pyridine rings is 1. The number of nitrogens with one attached hydrogen (secondary N) is 1. The summed E-state index contributed by atoms with van der Waals surface area (Å²) in [4.78, 5) is 16.2. The number of hydrogen-bond donors (Lipinski definition) is 1. The fraction of sp³-hybridized carbons (Fsp3) is 0.294. The van der Waals surface area contributed by atoms with Crippen LogP contribution in [0.2, 0.25) is 0 Å². The van der Waals surface area contributed by atoms with Crippen molar-refractivity contribution < 1.29 is 9.53 Å². The van der Waals surface area contributed by atoms with Crippen molar-refractivity contribution >= 4 is 5.91 Å². The van der Waals surface area contributed by atoms with Crippen LogP contribution in [0.25, 0.3) is 11.1 Å². The molecule has 1 unspecified atom stereocenters. The summed E-state index contributed by atoms with van der Waals surface area (Å²) in [6.07, 6.45) is 5.84. The highest BCUT2D eigenvalue weighted by Crippen LogP contribution is 2.18. The van der Waals surface area contributed by atoms with Gasteiger partial charge in [-0.2, -0.15) is 0 Å². The van der Waals surface area contributed by atoms with E-state index >= 15 is 0 Å². The van der Waals surface area contributed by atoms with E-state index in [4.69, 9.17) is 4.74 Å². The summed E-state index contributed by atoms with van der Waals surface area (Å²) in [6.45, 7) is 1.39. The number of amides is 1. The van der Waals surface area contributed by atoms with Crippen molar-refractivity contribution in [2.45, 2.75) is 18.9 Å². The fourth-order valence-corrected chi connectivity index (χ4v) is 2.46. The van der Waals surface area contributed by atoms with E-state index in [0.717, 1.165) is 30.6 Å². The maximum Gasteiger partial charge on any atom is 0.251 e. The van der Waals surface area contributed by atoms with Crippen LogP contribution in [0.4, 0.5) is 0 Å². The zero-order valence-electron chi connectivity index (χ0n) is 11.8. The maximum atomic E-state index is 12.1. The standard InChI is InChI=1S/C17H18N2O2/c20-17(19-12-16-4-2-10-21-16)14-7-5-13(6-8-14)15-3-1-9-18-11-15/h1,3,5-9,11,16H,2,4,10,12H2,(H,19,20). The SMILES string of the molecule is O=C(NCC1CCCO1)c1ccc(-c2cccnc2)cc1. The van der Waals surface area contributed by atoms with Gasteiger partial charge in [0.1, 0.15) is 0 Å². The van der Waals surface area contributed by atoms with Gasteiger partial charge in [-0.15, -0.1) is 0 Å². The molecular formula is C17H18N2O2. The predicted octanol–water partition coefficient (Wildman–Crippen LogP) is 2.66. The highest BCUT2D eigenvalue weighted by Gasteiger charge is 2.16. The van der Waals surface area contributed by atoms with Crippen molar-refractivity contribution in [1.82, 2.24) is 10.3 Å². The van der Waals surface area contributed by atoms with Gasteiger partial charge in [-0.25, -0.2) is 0 Å². The van der Waals surface area contributed by atoms with E-state index in [9.17, 15) is 4.79 Å². The Morgan fingerprint density at radius 3 is 2.76 bits per heavy atom. The summed E-state index contributed by atoms with van der Waals surface area (Å²) in [6, 6.07) is 11.5. The van der Waals surface area contributed by atoms with Gasteiger partial charge < -0.3 is 10.1 Å². The second-order valence-electron chi connectivity index (χ2n) is 5.16. The zero-order valence-corrected chi connectivity index (χ0v) is 11.8. The van der Waals surface area contributed by atoms with Crippen molar-refractivity contribution in [3.63, 3.8) is 0 Å². The van der Waals surface area contributed by atoms with Crippen LogP contribution in [0, 0.1) is 0 Å². The van der Waals surface area contributed by atoms with E-state index in [1.807, 2.05) is 42.6 Å². The van der Waals surface area contributed by atoms with E-state index in [1.165, 1.54) is 0 Å². The monoisotopic (exact) mass is 282 g/mol. The molecule has 1 aliphatic rings. The molecule has 2 heterocycles. The average molecular weight is 282 g/mol. The molecule has 2 aromatic rings. The second kappa shape index (κ2) is 6.50. The lowest BCUT2D eigenvalue weighted by Gasteiger charge is -2.11. The largest absolute Gasteiger partial charge is 0.376 e. The Morgan fingerprint density at radius 1 is 1.24 bits per heavy atom. The van der Waals surface area contributed by atoms with Gasteiger partial charge in [0.15, 0.2) is 0 Å². The smallest absolute Gasteiger partial charge is 0.251 e. The van der Waals surface area contributed by atoms with Gasteiger partial charge in [0.25, 0.3) is 5.91 Å². The van der Waals surface area contributed by atoms with Crippen molar-refractivity contribution in [3.8, 4) is 11.1 Å². The Balaban J connectivity index is 1.62. The number of nitrogens with zero attached hydrogens (tertiary/aromatic N) is 1. The summed E-state index contributed by atoms with van der Waals surface area (Å²) in [5.41, 5.74) is 2.77. The van der Waals surface area contributed by atoms with E-state index in [2.05, 4.69) is 10.3 Å². The Labute approximate surface area is 124 Å². The summed E-state index contributed by atoms with van der Waals surface area (Å²) in [5, 5.41) is 2.92. The number of rotatable bonds is 4. The van der Waals surface area contributed by atoms with Crippen LogP contribution in [-0.2, 0) is 4.74 Å². The average Bonchev–Trinajstić information content (AvgIpc) is 3.07. The number of benzene rings is 1. The molecule has 1 saturated heterocycles. The maximum absolute atomic E-state index is 12.1. The minimum atomic E-state index is -0.0526. The van der Waals surface area contributed by atoms with Crippen LogP contribution in [0.3, 0.4) is 0 Å². The molecule has 108 valence electrons. The first-order chi connectivity index (χ1) is 10.3. The van der Waals surface area contributed by atoms with Crippen LogP contribution in [0.5, 0.6) is 0 Å². The molecular weight excluding hydrogens is 264 g/mol. The number of ether oxygens (including phenoxy) is 1. The summed E-state index contributed by atoms with van der Waals surface area (Å²) in [5.74, 6) is -0.0526. The van der Waals surface area contributed by atoms with Gasteiger partial charge in [0, 0.05) is 31.1 Å². The van der Waals surface area contributed by atoms with E-state index in [-0.39, 0.29) is 12.0 Å². The Morgan fingerprint density at radius 2 is 2.10 bits per heavy atom. The molecule has 1 aliphatic heterocycles. The molecule has 3 rings (SSSR count). The van der Waals surface area contributed by atoms with Gasteiger partial charge >= 0.3 is 0 Å². The molecule has 4 nitrogen and oxygen atoms in total. The number of aromatic nitrogens is 1. The zero-order chi connectivity index (χ0) is 14.5. The first kappa shape index (κ1) is 13.8. The molecule has 1 N–H and O–H groups in total. The third-order valence-electron chi connectivity index (χ3n) is 3.66. The predicted molar refractivity (Wildman–Crippen MR) is 81.0 cm³/mol. The molecule has 1 aromatic carbocycles. The van der Waals surface area contributed by atoms with Crippen LogP contribution in [-0.4, -0.2) is 30.1 Å². The summed E-state index contributed by atoms with van der Waals surface area (Å²) in [7, 11) is 0. The Kier molecular flexibility index (Phi) is 4.26. The molecule has 0 saturated carbocycles. The molecule has 4 heteroatoms. The quantitative estimate of drug-likeness (QED) is 0.938. The van der Waals surface area contributed by atoms with E-state index in [0.29, 0.717) is 12.1 Å². The molecule has 1 aromatic heterocycles. The van der Waals surface area contributed by atoms with Crippen LogP contribution < -0.4 is 5.32 Å². The third-order valence-corrected chi connectivity index (χ3v) is 3.66. The normalized spacial score (nSPS) is 17.6. The number of carbonyl (C=O) groups is 1. The number of hydrogen-bond acceptors (Lipinski definition) is 3. The second-order valence-corrected chi connectivity index (χ2v) is 5.16. The minimum absolute atomic E-state index is 0.0526. The third kappa shape index (κ3) is 3.47. The van der Waals surface area contributed by atoms with Crippen molar-refractivity contribution in [2.24, 2.45) is 0 Å². The van der Waals surface area contributed by atoms with Gasteiger partial charge in [0.2, 0.25) is 0 Å². The van der Waals surface area contributed by atoms with Crippen LogP contribution in [0.15, 0.2) is 48.8 Å². The summed E-state index contributed by atoms with van der Waals surface area (Å²) < 4.78 is 5.49. The highest BCUT2D eigenvalue weighted by atomic mass is 16.5. The lowest BCUT2D eigenvalue weighted by Crippen LogP contribution is -2.31. The number of carbonyl (C=O) groups excluding carboxylic acids is 1. The topological polar surface area (TPSA) is 51.2 Å². The molecule has 0 aliphatic carbocycles. The molecule has 1 fully saturated rings. The van der Waals surface area contributed by atoms with Gasteiger partial charge in [-0.3, -0.25) is 9.78 Å². The molecule has 0 radical (unpaired) electrons. The lowest BCUT2D eigenvalue weighted by molar-refractivity contribution is 0.0858.